The number of hydrogen-bond acceptors (Lipinski definition) is 4. The van der Waals surface area contributed by atoms with Crippen molar-refractivity contribution in [3.8, 4) is 0 Å². The topological polar surface area (TPSA) is 33.6 Å². The lowest BCUT2D eigenvalue weighted by atomic mass is 9.93. The Balaban J connectivity index is 1.85. The van der Waals surface area contributed by atoms with Crippen molar-refractivity contribution in [3.05, 3.63) is 0 Å². The van der Waals surface area contributed by atoms with Crippen LogP contribution in [0.1, 0.15) is 12.8 Å². The van der Waals surface area contributed by atoms with Gasteiger partial charge in [-0.2, -0.15) is 11.8 Å². The van der Waals surface area contributed by atoms with Crippen LogP contribution in [0.15, 0.2) is 4.99 Å². The first kappa shape index (κ1) is 11.6. The van der Waals surface area contributed by atoms with Crippen molar-refractivity contribution in [1.82, 2.24) is 5.32 Å². The molecule has 3 nitrogen and oxygen atoms in total. The summed E-state index contributed by atoms with van der Waals surface area (Å²) in [5.41, 5.74) is 0.293. The minimum absolute atomic E-state index is 0.293. The van der Waals surface area contributed by atoms with Crippen molar-refractivity contribution >= 4 is 28.7 Å². The highest BCUT2D eigenvalue weighted by Crippen LogP contribution is 2.31. The number of aliphatic imine (C=N–C) groups is 1. The fraction of sp³-hybridized carbons (Fsp3) is 0.900. The molecule has 0 amide bonds. The van der Waals surface area contributed by atoms with Crippen molar-refractivity contribution in [2.75, 3.05) is 37.5 Å². The number of amidine groups is 1. The zero-order chi connectivity index (χ0) is 10.6. The predicted molar refractivity (Wildman–Crippen MR) is 69.1 cm³/mol. The molecule has 86 valence electrons. The molecule has 0 aromatic rings. The Morgan fingerprint density at radius 1 is 1.53 bits per heavy atom. The van der Waals surface area contributed by atoms with E-state index in [9.17, 15) is 0 Å². The van der Waals surface area contributed by atoms with E-state index in [1.807, 2.05) is 23.5 Å². The summed E-state index contributed by atoms with van der Waals surface area (Å²) in [5, 5.41) is 4.73. The van der Waals surface area contributed by atoms with Crippen molar-refractivity contribution < 1.29 is 4.74 Å². The van der Waals surface area contributed by atoms with Crippen LogP contribution in [0.5, 0.6) is 0 Å². The zero-order valence-electron chi connectivity index (χ0n) is 9.12. The lowest BCUT2D eigenvalue weighted by molar-refractivity contribution is 0.0555. The molecule has 0 bridgehead atoms. The highest BCUT2D eigenvalue weighted by Gasteiger charge is 2.38. The molecule has 0 aliphatic carbocycles. The molecule has 2 fully saturated rings. The van der Waals surface area contributed by atoms with Crippen LogP contribution in [-0.4, -0.2) is 48.2 Å². The third-order valence-electron chi connectivity index (χ3n) is 2.86. The minimum Gasteiger partial charge on any atom is -0.381 e. The van der Waals surface area contributed by atoms with E-state index in [-0.39, 0.29) is 0 Å². The monoisotopic (exact) mass is 246 g/mol. The van der Waals surface area contributed by atoms with Gasteiger partial charge in [-0.3, -0.25) is 4.99 Å². The standard InChI is InChI=1S/C10H18N2OS2/c1-14-7-4-11-9-12-10(8-15-9)2-5-13-6-3-10/h2-8H2,1H3,(H,11,12). The fourth-order valence-corrected chi connectivity index (χ4v) is 3.38. The number of rotatable bonds is 3. The molecule has 2 aliphatic heterocycles. The molecule has 0 saturated carbocycles. The maximum absolute atomic E-state index is 5.40. The van der Waals surface area contributed by atoms with E-state index < -0.39 is 0 Å². The first-order valence-electron chi connectivity index (χ1n) is 5.37. The van der Waals surface area contributed by atoms with Gasteiger partial charge >= 0.3 is 0 Å². The summed E-state index contributed by atoms with van der Waals surface area (Å²) in [6, 6.07) is 0. The van der Waals surface area contributed by atoms with Gasteiger partial charge in [-0.25, -0.2) is 0 Å². The lowest BCUT2D eigenvalue weighted by Gasteiger charge is -2.32. The van der Waals surface area contributed by atoms with E-state index in [2.05, 4.69) is 16.6 Å². The largest absolute Gasteiger partial charge is 0.381 e. The molecule has 0 radical (unpaired) electrons. The Bertz CT molecular complexity index is 240. The second-order valence-electron chi connectivity index (χ2n) is 3.99. The molecular formula is C10H18N2OS2. The van der Waals surface area contributed by atoms with E-state index in [0.717, 1.165) is 49.3 Å². The van der Waals surface area contributed by atoms with Crippen LogP contribution in [0.4, 0.5) is 0 Å². The summed E-state index contributed by atoms with van der Waals surface area (Å²) in [6.07, 6.45) is 4.37. The van der Waals surface area contributed by atoms with Gasteiger partial charge in [0.05, 0.1) is 12.1 Å². The highest BCUT2D eigenvalue weighted by atomic mass is 32.2. The Morgan fingerprint density at radius 2 is 2.33 bits per heavy atom. The van der Waals surface area contributed by atoms with E-state index in [1.165, 1.54) is 0 Å². The van der Waals surface area contributed by atoms with Crippen molar-refractivity contribution in [2.24, 2.45) is 4.99 Å². The first-order chi connectivity index (χ1) is 7.35. The maximum atomic E-state index is 5.40. The summed E-state index contributed by atoms with van der Waals surface area (Å²) in [7, 11) is 0. The molecule has 2 saturated heterocycles. The molecule has 5 heteroatoms. The quantitative estimate of drug-likeness (QED) is 0.767. The number of ether oxygens (including phenoxy) is 1. The van der Waals surface area contributed by atoms with Gasteiger partial charge in [-0.05, 0) is 19.1 Å². The van der Waals surface area contributed by atoms with Crippen molar-refractivity contribution in [1.29, 1.82) is 0 Å². The summed E-state index contributed by atoms with van der Waals surface area (Å²) in [6.45, 7) is 2.72. The van der Waals surface area contributed by atoms with Gasteiger partial charge < -0.3 is 10.1 Å². The molecule has 0 aromatic heterocycles. The molecule has 0 aromatic carbocycles. The molecule has 1 N–H and O–H groups in total. The summed E-state index contributed by atoms with van der Waals surface area (Å²) >= 11 is 3.72. The summed E-state index contributed by atoms with van der Waals surface area (Å²) < 4.78 is 5.40. The van der Waals surface area contributed by atoms with Gasteiger partial charge in [0.2, 0.25) is 0 Å². The minimum atomic E-state index is 0.293. The average Bonchev–Trinajstić information content (AvgIpc) is 2.63. The molecule has 2 rings (SSSR count). The fourth-order valence-electron chi connectivity index (χ4n) is 1.86. The normalized spacial score (nSPS) is 27.1. The van der Waals surface area contributed by atoms with Crippen LogP contribution < -0.4 is 5.32 Å². The average molecular weight is 246 g/mol. The van der Waals surface area contributed by atoms with Crippen molar-refractivity contribution in [2.45, 2.75) is 18.4 Å². The zero-order valence-corrected chi connectivity index (χ0v) is 10.8. The molecule has 15 heavy (non-hydrogen) atoms. The van der Waals surface area contributed by atoms with Gasteiger partial charge in [0.15, 0.2) is 5.17 Å². The molecule has 2 aliphatic rings. The third-order valence-corrected chi connectivity index (χ3v) is 4.65. The molecule has 0 unspecified atom stereocenters. The molecule has 0 atom stereocenters. The number of nitrogens with zero attached hydrogens (tertiary/aromatic N) is 1. The van der Waals surface area contributed by atoms with Crippen LogP contribution in [-0.2, 0) is 4.74 Å². The Morgan fingerprint density at radius 3 is 3.07 bits per heavy atom. The second kappa shape index (κ2) is 5.46. The van der Waals surface area contributed by atoms with E-state index in [0.29, 0.717) is 5.54 Å². The molecule has 2 heterocycles. The van der Waals surface area contributed by atoms with Gasteiger partial charge in [0, 0.05) is 24.7 Å². The third kappa shape index (κ3) is 3.04. The predicted octanol–water partition coefficient (Wildman–Crippen LogP) is 1.59. The lowest BCUT2D eigenvalue weighted by Crippen LogP contribution is -2.48. The van der Waals surface area contributed by atoms with Gasteiger partial charge in [0.1, 0.15) is 0 Å². The van der Waals surface area contributed by atoms with Crippen LogP contribution in [0, 0.1) is 0 Å². The van der Waals surface area contributed by atoms with Crippen LogP contribution in [0.3, 0.4) is 0 Å². The Labute approximate surface area is 99.8 Å². The second-order valence-corrected chi connectivity index (χ2v) is 5.94. The van der Waals surface area contributed by atoms with E-state index in [1.54, 1.807) is 0 Å². The van der Waals surface area contributed by atoms with Crippen LogP contribution in [0.25, 0.3) is 0 Å². The molecular weight excluding hydrogens is 228 g/mol. The van der Waals surface area contributed by atoms with Crippen LogP contribution >= 0.6 is 23.5 Å². The SMILES string of the molecule is CSCCN=C1NC2(CCOCC2)CS1. The Kier molecular flexibility index (Phi) is 4.22. The number of nitrogens with one attached hydrogen (secondary N) is 1. The first-order valence-corrected chi connectivity index (χ1v) is 7.75. The van der Waals surface area contributed by atoms with E-state index >= 15 is 0 Å². The highest BCUT2D eigenvalue weighted by molar-refractivity contribution is 8.14. The van der Waals surface area contributed by atoms with Gasteiger partial charge in [0.25, 0.3) is 0 Å². The number of hydrogen-bond donors (Lipinski definition) is 1. The molecule has 1 spiro atoms. The van der Waals surface area contributed by atoms with Crippen molar-refractivity contribution in [3.63, 3.8) is 0 Å². The summed E-state index contributed by atoms with van der Waals surface area (Å²) in [5.74, 6) is 2.27. The number of thioether (sulfide) groups is 2. The van der Waals surface area contributed by atoms with Gasteiger partial charge in [-0.1, -0.05) is 11.8 Å². The van der Waals surface area contributed by atoms with E-state index in [4.69, 9.17) is 4.74 Å². The Hall–Kier alpha value is 0.130. The summed E-state index contributed by atoms with van der Waals surface area (Å²) in [4.78, 5) is 4.57. The van der Waals surface area contributed by atoms with Crippen LogP contribution in [0.2, 0.25) is 0 Å². The maximum Gasteiger partial charge on any atom is 0.157 e. The van der Waals surface area contributed by atoms with Gasteiger partial charge in [-0.15, -0.1) is 0 Å². The smallest absolute Gasteiger partial charge is 0.157 e.